The molecule has 1 aliphatic carbocycles. The van der Waals surface area contributed by atoms with E-state index >= 15 is 0 Å². The number of ether oxygens (including phenoxy) is 3. The van der Waals surface area contributed by atoms with E-state index in [4.69, 9.17) is 25.8 Å². The van der Waals surface area contributed by atoms with E-state index in [1.54, 1.807) is 50.2 Å². The average Bonchev–Trinajstić information content (AvgIpc) is 2.89. The lowest BCUT2D eigenvalue weighted by atomic mass is 9.84. The molecule has 0 radical (unpaired) electrons. The molecule has 3 rings (SSSR count). The van der Waals surface area contributed by atoms with Gasteiger partial charge in [0.25, 0.3) is 5.91 Å². The molecule has 1 saturated carbocycles. The molecule has 2 atom stereocenters. The van der Waals surface area contributed by atoms with Gasteiger partial charge in [0.05, 0.1) is 5.92 Å². The summed E-state index contributed by atoms with van der Waals surface area (Å²) in [6.07, 6.45) is 4.38. The second-order valence-corrected chi connectivity index (χ2v) is 10.0. The van der Waals surface area contributed by atoms with Gasteiger partial charge in [0.15, 0.2) is 5.60 Å². The Morgan fingerprint density at radius 2 is 1.65 bits per heavy atom. The van der Waals surface area contributed by atoms with Crippen molar-refractivity contribution in [2.75, 3.05) is 20.4 Å². The smallest absolute Gasteiger partial charge is 0.352 e. The van der Waals surface area contributed by atoms with Gasteiger partial charge in [-0.15, -0.1) is 0 Å². The Kier molecular flexibility index (Phi) is 10.3. The number of halogens is 1. The maximum Gasteiger partial charge on any atom is 0.352 e. The summed E-state index contributed by atoms with van der Waals surface area (Å²) >= 11 is 5.85. The number of hydrogen-bond donors (Lipinski definition) is 2. The first-order chi connectivity index (χ1) is 17.7. The zero-order valence-electron chi connectivity index (χ0n) is 21.6. The van der Waals surface area contributed by atoms with Crippen LogP contribution in [0.3, 0.4) is 0 Å². The lowest BCUT2D eigenvalue weighted by Gasteiger charge is -2.29. The first kappa shape index (κ1) is 28.5. The van der Waals surface area contributed by atoms with Crippen LogP contribution in [-0.2, 0) is 25.5 Å². The summed E-state index contributed by atoms with van der Waals surface area (Å²) in [6.45, 7) is 3.21. The molecule has 2 aromatic carbocycles. The third kappa shape index (κ3) is 8.47. The minimum absolute atomic E-state index is 0.0828. The van der Waals surface area contributed by atoms with Gasteiger partial charge >= 0.3 is 11.9 Å². The summed E-state index contributed by atoms with van der Waals surface area (Å²) in [5, 5.41) is 6.62. The van der Waals surface area contributed by atoms with Gasteiger partial charge in [-0.25, -0.2) is 4.79 Å². The molecule has 0 aliphatic heterocycles. The maximum absolute atomic E-state index is 12.6. The molecule has 0 saturated heterocycles. The minimum Gasteiger partial charge on any atom is -0.476 e. The van der Waals surface area contributed by atoms with Gasteiger partial charge in [0.1, 0.15) is 5.75 Å². The van der Waals surface area contributed by atoms with Crippen molar-refractivity contribution in [1.29, 1.82) is 0 Å². The lowest BCUT2D eigenvalue weighted by Crippen LogP contribution is -2.42. The first-order valence-electron chi connectivity index (χ1n) is 12.5. The number of esters is 2. The molecule has 0 bridgehead atoms. The molecule has 1 amide bonds. The number of carbonyl (C=O) groups excluding carboxylic acids is 3. The molecule has 1 aliphatic rings. The molecule has 200 valence electrons. The van der Waals surface area contributed by atoms with Crippen LogP contribution in [0, 0.1) is 5.92 Å². The van der Waals surface area contributed by atoms with Crippen molar-refractivity contribution >= 4 is 29.4 Å². The second-order valence-electron chi connectivity index (χ2n) is 9.57. The zero-order valence-corrected chi connectivity index (χ0v) is 22.3. The Bertz CT molecular complexity index is 1060. The molecule has 9 heteroatoms. The highest BCUT2D eigenvalue weighted by atomic mass is 35.5. The van der Waals surface area contributed by atoms with Crippen LogP contribution in [0.2, 0.25) is 5.02 Å². The lowest BCUT2D eigenvalue weighted by molar-refractivity contribution is -0.180. The van der Waals surface area contributed by atoms with Crippen molar-refractivity contribution < 1.29 is 28.6 Å². The van der Waals surface area contributed by atoms with Gasteiger partial charge in [0, 0.05) is 23.2 Å². The fourth-order valence-corrected chi connectivity index (χ4v) is 4.39. The second kappa shape index (κ2) is 13.4. The van der Waals surface area contributed by atoms with Crippen molar-refractivity contribution in [3.8, 4) is 5.75 Å². The Hall–Kier alpha value is -3.10. The van der Waals surface area contributed by atoms with Crippen molar-refractivity contribution in [2.45, 2.75) is 57.6 Å². The van der Waals surface area contributed by atoms with Gasteiger partial charge in [-0.3, -0.25) is 9.59 Å². The summed E-state index contributed by atoms with van der Waals surface area (Å²) in [4.78, 5) is 37.2. The van der Waals surface area contributed by atoms with E-state index in [0.717, 1.165) is 31.2 Å². The highest BCUT2D eigenvalue weighted by molar-refractivity contribution is 6.30. The Morgan fingerprint density at radius 3 is 2.32 bits per heavy atom. The predicted octanol–water partition coefficient (Wildman–Crippen LogP) is 4.29. The van der Waals surface area contributed by atoms with E-state index in [-0.39, 0.29) is 23.8 Å². The van der Waals surface area contributed by atoms with Crippen LogP contribution >= 0.6 is 11.6 Å². The molecule has 2 N–H and O–H groups in total. The van der Waals surface area contributed by atoms with Crippen LogP contribution in [0.25, 0.3) is 0 Å². The third-order valence-corrected chi connectivity index (χ3v) is 6.68. The van der Waals surface area contributed by atoms with E-state index in [1.165, 1.54) is 0 Å². The molecule has 0 spiro atoms. The fraction of sp³-hybridized carbons (Fsp3) is 0.464. The largest absolute Gasteiger partial charge is 0.476 e. The molecule has 8 nitrogen and oxygen atoms in total. The quantitative estimate of drug-likeness (QED) is 0.330. The molecule has 0 aromatic heterocycles. The summed E-state index contributed by atoms with van der Waals surface area (Å²) < 4.78 is 16.2. The number of carbonyl (C=O) groups is 3. The van der Waals surface area contributed by atoms with Gasteiger partial charge in [-0.1, -0.05) is 36.6 Å². The summed E-state index contributed by atoms with van der Waals surface area (Å²) in [7, 11) is 1.84. The van der Waals surface area contributed by atoms with Crippen LogP contribution in [0.15, 0.2) is 48.5 Å². The van der Waals surface area contributed by atoms with E-state index in [0.29, 0.717) is 29.3 Å². The van der Waals surface area contributed by atoms with Crippen LogP contribution in [0.1, 0.15) is 55.5 Å². The highest BCUT2D eigenvalue weighted by Crippen LogP contribution is 2.25. The maximum atomic E-state index is 12.6. The standard InChI is InChI=1S/C28H35ClN2O6/c1-28(2,27(34)36-18-35-26(33)23-6-4-5-7-24(23)30-3)37-22-14-8-19(9-15-22)16-17-31-25(32)20-10-12-21(29)13-11-20/h8-15,23-24,30H,4-7,16-18H2,1-3H3,(H,31,32)/t23?,24-/m1/s1. The van der Waals surface area contributed by atoms with Crippen molar-refractivity contribution in [3.05, 3.63) is 64.7 Å². The molecule has 0 heterocycles. The fourth-order valence-electron chi connectivity index (χ4n) is 4.26. The molecule has 37 heavy (non-hydrogen) atoms. The van der Waals surface area contributed by atoms with Gasteiger partial charge in [0.2, 0.25) is 6.79 Å². The van der Waals surface area contributed by atoms with E-state index in [1.807, 2.05) is 19.2 Å². The number of benzene rings is 2. The van der Waals surface area contributed by atoms with E-state index in [9.17, 15) is 14.4 Å². The summed E-state index contributed by atoms with van der Waals surface area (Å²) in [5.41, 5.74) is 0.269. The zero-order chi connectivity index (χ0) is 26.8. The minimum atomic E-state index is -1.28. The van der Waals surface area contributed by atoms with Gasteiger partial charge < -0.3 is 24.8 Å². The SMILES string of the molecule is CN[C@@H]1CCCCC1C(=O)OCOC(=O)C(C)(C)Oc1ccc(CCNC(=O)c2ccc(Cl)cc2)cc1. The van der Waals surface area contributed by atoms with Gasteiger partial charge in [-0.05, 0) is 82.1 Å². The number of rotatable bonds is 11. The monoisotopic (exact) mass is 530 g/mol. The van der Waals surface area contributed by atoms with Crippen molar-refractivity contribution in [3.63, 3.8) is 0 Å². The number of hydrogen-bond acceptors (Lipinski definition) is 7. The van der Waals surface area contributed by atoms with Crippen LogP contribution in [0.5, 0.6) is 5.75 Å². The third-order valence-electron chi connectivity index (χ3n) is 6.42. The molecular formula is C28H35ClN2O6. The van der Waals surface area contributed by atoms with Crippen LogP contribution < -0.4 is 15.4 Å². The normalized spacial score (nSPS) is 17.5. The molecular weight excluding hydrogens is 496 g/mol. The topological polar surface area (TPSA) is 103 Å². The summed E-state index contributed by atoms with van der Waals surface area (Å²) in [6, 6.07) is 14.0. The first-order valence-corrected chi connectivity index (χ1v) is 12.9. The molecule has 2 aromatic rings. The number of nitrogens with one attached hydrogen (secondary N) is 2. The van der Waals surface area contributed by atoms with Crippen molar-refractivity contribution in [1.82, 2.24) is 10.6 Å². The van der Waals surface area contributed by atoms with Crippen molar-refractivity contribution in [2.24, 2.45) is 5.92 Å². The van der Waals surface area contributed by atoms with Gasteiger partial charge in [-0.2, -0.15) is 0 Å². The van der Waals surface area contributed by atoms with E-state index in [2.05, 4.69) is 10.6 Å². The van der Waals surface area contributed by atoms with Crippen LogP contribution in [0.4, 0.5) is 0 Å². The highest BCUT2D eigenvalue weighted by Gasteiger charge is 2.34. The average molecular weight is 531 g/mol. The summed E-state index contributed by atoms with van der Waals surface area (Å²) in [5.74, 6) is -0.894. The number of amides is 1. The Morgan fingerprint density at radius 1 is 0.973 bits per heavy atom. The molecule has 1 unspecified atom stereocenters. The Balaban J connectivity index is 1.41. The predicted molar refractivity (Wildman–Crippen MR) is 140 cm³/mol. The molecule has 1 fully saturated rings. The van der Waals surface area contributed by atoms with E-state index < -0.39 is 18.4 Å². The Labute approximate surface area is 223 Å². The van der Waals surface area contributed by atoms with Crippen LogP contribution in [-0.4, -0.2) is 49.9 Å².